The Morgan fingerprint density at radius 3 is 2.71 bits per heavy atom. The second kappa shape index (κ2) is 7.31. The molecule has 1 heterocycles. The molecule has 0 spiro atoms. The van der Waals surface area contributed by atoms with Crippen molar-refractivity contribution in [2.24, 2.45) is 5.92 Å². The van der Waals surface area contributed by atoms with Crippen LogP contribution in [0.3, 0.4) is 0 Å². The monoisotopic (exact) mass is 285 g/mol. The van der Waals surface area contributed by atoms with Crippen LogP contribution in [-0.4, -0.2) is 33.3 Å². The summed E-state index contributed by atoms with van der Waals surface area (Å²) in [6.45, 7) is 2.80. The van der Waals surface area contributed by atoms with E-state index in [-0.39, 0.29) is 0 Å². The van der Waals surface area contributed by atoms with Crippen LogP contribution in [0.1, 0.15) is 32.1 Å². The van der Waals surface area contributed by atoms with Gasteiger partial charge in [0.15, 0.2) is 0 Å². The van der Waals surface area contributed by atoms with Crippen LogP contribution in [0.15, 0.2) is 30.3 Å². The predicted octanol–water partition coefficient (Wildman–Crippen LogP) is 2.51. The number of hydrogen-bond donors (Lipinski definition) is 1. The summed E-state index contributed by atoms with van der Waals surface area (Å²) < 4.78 is 0. The standard InChI is InChI=1S/C16H23N5/c1-3-7-14(8-4-1)13-17-11-12-21-19-16(18-20-21)15-9-5-2-6-10-15/h2,5-6,9-10,14,17H,1,3-4,7-8,11-13H2. The molecule has 112 valence electrons. The van der Waals surface area contributed by atoms with Crippen molar-refractivity contribution in [1.29, 1.82) is 0 Å². The fraction of sp³-hybridized carbons (Fsp3) is 0.562. The predicted molar refractivity (Wildman–Crippen MR) is 82.7 cm³/mol. The maximum Gasteiger partial charge on any atom is 0.204 e. The van der Waals surface area contributed by atoms with Crippen LogP contribution < -0.4 is 5.32 Å². The highest BCUT2D eigenvalue weighted by Gasteiger charge is 2.12. The Bertz CT molecular complexity index is 531. The van der Waals surface area contributed by atoms with Crippen LogP contribution in [0.2, 0.25) is 0 Å². The van der Waals surface area contributed by atoms with E-state index in [9.17, 15) is 0 Å². The summed E-state index contributed by atoms with van der Waals surface area (Å²) in [6, 6.07) is 9.97. The molecule has 0 unspecified atom stereocenters. The van der Waals surface area contributed by atoms with Gasteiger partial charge < -0.3 is 5.32 Å². The lowest BCUT2D eigenvalue weighted by molar-refractivity contribution is 0.337. The molecule has 1 aliphatic rings. The number of benzene rings is 1. The maximum absolute atomic E-state index is 4.42. The normalized spacial score (nSPS) is 16.2. The van der Waals surface area contributed by atoms with Crippen molar-refractivity contribution in [3.05, 3.63) is 30.3 Å². The van der Waals surface area contributed by atoms with Crippen LogP contribution >= 0.6 is 0 Å². The molecule has 21 heavy (non-hydrogen) atoms. The van der Waals surface area contributed by atoms with Gasteiger partial charge in [0.25, 0.3) is 0 Å². The number of tetrazole rings is 1. The molecule has 0 bridgehead atoms. The summed E-state index contributed by atoms with van der Waals surface area (Å²) in [7, 11) is 0. The van der Waals surface area contributed by atoms with E-state index in [0.29, 0.717) is 5.82 Å². The zero-order valence-corrected chi connectivity index (χ0v) is 12.4. The molecule has 0 aliphatic heterocycles. The summed E-state index contributed by atoms with van der Waals surface area (Å²) in [4.78, 5) is 1.68. The van der Waals surface area contributed by atoms with Crippen LogP contribution in [0.5, 0.6) is 0 Å². The summed E-state index contributed by atoms with van der Waals surface area (Å²) >= 11 is 0. The first-order valence-electron chi connectivity index (χ1n) is 7.96. The first-order chi connectivity index (χ1) is 10.4. The third-order valence-corrected chi connectivity index (χ3v) is 4.13. The Hall–Kier alpha value is -1.75. The van der Waals surface area contributed by atoms with Crippen molar-refractivity contribution < 1.29 is 0 Å². The molecule has 1 aliphatic carbocycles. The molecule has 1 aromatic carbocycles. The van der Waals surface area contributed by atoms with E-state index in [1.54, 1.807) is 4.80 Å². The lowest BCUT2D eigenvalue weighted by atomic mass is 9.89. The van der Waals surface area contributed by atoms with E-state index in [0.717, 1.165) is 31.1 Å². The molecule has 0 atom stereocenters. The number of aromatic nitrogens is 4. The van der Waals surface area contributed by atoms with E-state index in [4.69, 9.17) is 0 Å². The van der Waals surface area contributed by atoms with Crippen molar-refractivity contribution >= 4 is 0 Å². The van der Waals surface area contributed by atoms with Crippen molar-refractivity contribution in [1.82, 2.24) is 25.5 Å². The van der Waals surface area contributed by atoms with Gasteiger partial charge in [0.05, 0.1) is 6.54 Å². The van der Waals surface area contributed by atoms with Crippen LogP contribution in [-0.2, 0) is 6.54 Å². The molecular weight excluding hydrogens is 262 g/mol. The van der Waals surface area contributed by atoms with Gasteiger partial charge in [-0.25, -0.2) is 0 Å². The fourth-order valence-electron chi connectivity index (χ4n) is 2.92. The summed E-state index contributed by atoms with van der Waals surface area (Å²) in [5, 5.41) is 16.2. The lowest BCUT2D eigenvalue weighted by Gasteiger charge is -2.21. The van der Waals surface area contributed by atoms with E-state index >= 15 is 0 Å². The van der Waals surface area contributed by atoms with Gasteiger partial charge in [-0.05, 0) is 30.5 Å². The molecule has 0 amide bonds. The van der Waals surface area contributed by atoms with E-state index in [1.807, 2.05) is 30.3 Å². The molecule has 1 saturated carbocycles. The van der Waals surface area contributed by atoms with Gasteiger partial charge in [-0.1, -0.05) is 49.6 Å². The highest BCUT2D eigenvalue weighted by atomic mass is 15.6. The van der Waals surface area contributed by atoms with Crippen LogP contribution in [0, 0.1) is 5.92 Å². The molecule has 3 rings (SSSR count). The van der Waals surface area contributed by atoms with Crippen molar-refractivity contribution in [2.75, 3.05) is 13.1 Å². The molecular formula is C16H23N5. The van der Waals surface area contributed by atoms with Crippen molar-refractivity contribution in [2.45, 2.75) is 38.6 Å². The van der Waals surface area contributed by atoms with E-state index < -0.39 is 0 Å². The smallest absolute Gasteiger partial charge is 0.204 e. The first-order valence-corrected chi connectivity index (χ1v) is 7.96. The Balaban J connectivity index is 1.42. The Labute approximate surface area is 125 Å². The van der Waals surface area contributed by atoms with Gasteiger partial charge in [0.1, 0.15) is 0 Å². The molecule has 1 fully saturated rings. The van der Waals surface area contributed by atoms with Crippen LogP contribution in [0.25, 0.3) is 11.4 Å². The van der Waals surface area contributed by atoms with Gasteiger partial charge in [-0.15, -0.1) is 10.2 Å². The third-order valence-electron chi connectivity index (χ3n) is 4.13. The Morgan fingerprint density at radius 1 is 1.10 bits per heavy atom. The highest BCUT2D eigenvalue weighted by molar-refractivity contribution is 5.52. The molecule has 0 radical (unpaired) electrons. The molecule has 1 aromatic heterocycles. The first kappa shape index (κ1) is 14.2. The topological polar surface area (TPSA) is 55.6 Å². The molecule has 0 saturated heterocycles. The number of nitrogens with one attached hydrogen (secondary N) is 1. The third kappa shape index (κ3) is 4.11. The minimum atomic E-state index is 0.697. The minimum absolute atomic E-state index is 0.697. The lowest BCUT2D eigenvalue weighted by Crippen LogP contribution is -2.28. The quantitative estimate of drug-likeness (QED) is 0.829. The van der Waals surface area contributed by atoms with Gasteiger partial charge in [0, 0.05) is 12.1 Å². The molecule has 1 N–H and O–H groups in total. The van der Waals surface area contributed by atoms with Gasteiger partial charge in [0.2, 0.25) is 5.82 Å². The SMILES string of the molecule is c1ccc(-c2nnn(CCNCC3CCCCC3)n2)cc1. The van der Waals surface area contributed by atoms with Crippen molar-refractivity contribution in [3.8, 4) is 11.4 Å². The molecule has 2 aromatic rings. The highest BCUT2D eigenvalue weighted by Crippen LogP contribution is 2.22. The average molecular weight is 285 g/mol. The summed E-state index contributed by atoms with van der Waals surface area (Å²) in [5.41, 5.74) is 1.01. The van der Waals surface area contributed by atoms with Gasteiger partial charge in [-0.2, -0.15) is 4.80 Å². The fourth-order valence-corrected chi connectivity index (χ4v) is 2.92. The number of rotatable bonds is 6. The molecule has 5 nitrogen and oxygen atoms in total. The van der Waals surface area contributed by atoms with E-state index in [2.05, 4.69) is 20.7 Å². The summed E-state index contributed by atoms with van der Waals surface area (Å²) in [5.74, 6) is 1.56. The number of nitrogens with zero attached hydrogens (tertiary/aromatic N) is 4. The second-order valence-corrected chi connectivity index (χ2v) is 5.78. The minimum Gasteiger partial charge on any atom is -0.315 e. The van der Waals surface area contributed by atoms with E-state index in [1.165, 1.54) is 32.1 Å². The average Bonchev–Trinajstić information content (AvgIpc) is 3.02. The van der Waals surface area contributed by atoms with Crippen LogP contribution in [0.4, 0.5) is 0 Å². The van der Waals surface area contributed by atoms with Gasteiger partial charge in [-0.3, -0.25) is 0 Å². The number of hydrogen-bond acceptors (Lipinski definition) is 4. The van der Waals surface area contributed by atoms with Crippen molar-refractivity contribution in [3.63, 3.8) is 0 Å². The maximum atomic E-state index is 4.42. The molecule has 5 heteroatoms. The zero-order valence-electron chi connectivity index (χ0n) is 12.4. The second-order valence-electron chi connectivity index (χ2n) is 5.78. The van der Waals surface area contributed by atoms with Gasteiger partial charge >= 0.3 is 0 Å². The summed E-state index contributed by atoms with van der Waals surface area (Å²) in [6.07, 6.45) is 6.98. The Morgan fingerprint density at radius 2 is 1.90 bits per heavy atom. The zero-order chi connectivity index (χ0) is 14.3. The Kier molecular flexibility index (Phi) is 4.94. The largest absolute Gasteiger partial charge is 0.315 e.